The number of rotatable bonds is 3. The summed E-state index contributed by atoms with van der Waals surface area (Å²) in [5, 5.41) is 7.87. The van der Waals surface area contributed by atoms with Gasteiger partial charge in [-0.1, -0.05) is 0 Å². The summed E-state index contributed by atoms with van der Waals surface area (Å²) in [6.45, 7) is 10.3. The summed E-state index contributed by atoms with van der Waals surface area (Å²) in [4.78, 5) is 13.9. The standard InChI is InChI=1S/C16H26N4O2/c1-10-11(7-18-19(10)5)6-17-14-12-8-20(9-13(12)14)15(21)22-16(2,3)4/h7,12-14,17H,6,8-9H2,1-5H3. The van der Waals surface area contributed by atoms with Crippen molar-refractivity contribution >= 4 is 6.09 Å². The summed E-state index contributed by atoms with van der Waals surface area (Å²) < 4.78 is 7.33. The number of nitrogens with one attached hydrogen (secondary N) is 1. The lowest BCUT2D eigenvalue weighted by atomic mass is 10.2. The van der Waals surface area contributed by atoms with Gasteiger partial charge in [0.05, 0.1) is 6.20 Å². The number of hydrogen-bond acceptors (Lipinski definition) is 4. The number of fused-ring (bicyclic) bond motifs is 1. The lowest BCUT2D eigenvalue weighted by molar-refractivity contribution is 0.0269. The number of carbonyl (C=O) groups excluding carboxylic acids is 1. The summed E-state index contributed by atoms with van der Waals surface area (Å²) >= 11 is 0. The summed E-state index contributed by atoms with van der Waals surface area (Å²) in [5.74, 6) is 1.15. The zero-order chi connectivity index (χ0) is 16.1. The lowest BCUT2D eigenvalue weighted by Gasteiger charge is -2.26. The largest absolute Gasteiger partial charge is 0.444 e. The number of hydrogen-bond donors (Lipinski definition) is 1. The van der Waals surface area contributed by atoms with Crippen molar-refractivity contribution in [1.82, 2.24) is 20.0 Å². The molecule has 2 heterocycles. The molecule has 2 fully saturated rings. The Kier molecular flexibility index (Phi) is 3.67. The maximum absolute atomic E-state index is 12.0. The molecule has 6 nitrogen and oxygen atoms in total. The molecular weight excluding hydrogens is 280 g/mol. The Bertz CT molecular complexity index is 563. The molecule has 1 saturated carbocycles. The van der Waals surface area contributed by atoms with Crippen LogP contribution in [-0.4, -0.2) is 45.5 Å². The van der Waals surface area contributed by atoms with E-state index in [9.17, 15) is 4.79 Å². The Balaban J connectivity index is 1.45. The van der Waals surface area contributed by atoms with E-state index in [0.29, 0.717) is 17.9 Å². The van der Waals surface area contributed by atoms with Crippen LogP contribution in [-0.2, 0) is 18.3 Å². The van der Waals surface area contributed by atoms with E-state index in [-0.39, 0.29) is 6.09 Å². The first-order valence-corrected chi connectivity index (χ1v) is 7.95. The number of piperidine rings is 1. The van der Waals surface area contributed by atoms with E-state index in [0.717, 1.165) is 19.6 Å². The Morgan fingerprint density at radius 2 is 2.05 bits per heavy atom. The average molecular weight is 306 g/mol. The second kappa shape index (κ2) is 5.26. The van der Waals surface area contributed by atoms with Crippen molar-refractivity contribution in [1.29, 1.82) is 0 Å². The van der Waals surface area contributed by atoms with Gasteiger partial charge in [0.1, 0.15) is 5.60 Å². The molecule has 0 spiro atoms. The third kappa shape index (κ3) is 2.97. The fraction of sp³-hybridized carbons (Fsp3) is 0.750. The van der Waals surface area contributed by atoms with Crippen molar-refractivity contribution in [3.05, 3.63) is 17.5 Å². The zero-order valence-electron chi connectivity index (χ0n) is 14.1. The molecule has 2 unspecified atom stereocenters. The summed E-state index contributed by atoms with van der Waals surface area (Å²) in [7, 11) is 1.96. The lowest BCUT2D eigenvalue weighted by Crippen LogP contribution is -2.39. The number of nitrogens with zero attached hydrogens (tertiary/aromatic N) is 3. The van der Waals surface area contributed by atoms with Gasteiger partial charge < -0.3 is 15.0 Å². The van der Waals surface area contributed by atoms with Gasteiger partial charge in [-0.05, 0) is 39.5 Å². The van der Waals surface area contributed by atoms with Crippen LogP contribution in [0.25, 0.3) is 0 Å². The highest BCUT2D eigenvalue weighted by Crippen LogP contribution is 2.45. The van der Waals surface area contributed by atoms with Crippen LogP contribution in [0.2, 0.25) is 0 Å². The average Bonchev–Trinajstić information content (AvgIpc) is 2.75. The van der Waals surface area contributed by atoms with Crippen LogP contribution in [0.5, 0.6) is 0 Å². The molecule has 1 aliphatic heterocycles. The third-order valence-electron chi connectivity index (χ3n) is 4.71. The normalized spacial score (nSPS) is 27.0. The van der Waals surface area contributed by atoms with Gasteiger partial charge in [0.15, 0.2) is 0 Å². The molecule has 1 saturated heterocycles. The van der Waals surface area contributed by atoms with Crippen LogP contribution in [0, 0.1) is 18.8 Å². The molecule has 1 aromatic rings. The fourth-order valence-electron chi connectivity index (χ4n) is 3.25. The Labute approximate surface area is 131 Å². The molecule has 6 heteroatoms. The smallest absolute Gasteiger partial charge is 0.410 e. The van der Waals surface area contributed by atoms with Crippen LogP contribution < -0.4 is 5.32 Å². The number of amides is 1. The first-order valence-electron chi connectivity index (χ1n) is 7.95. The minimum absolute atomic E-state index is 0.179. The van der Waals surface area contributed by atoms with Crippen molar-refractivity contribution in [3.8, 4) is 0 Å². The monoisotopic (exact) mass is 306 g/mol. The number of aromatic nitrogens is 2. The maximum Gasteiger partial charge on any atom is 0.410 e. The van der Waals surface area contributed by atoms with Gasteiger partial charge in [0.2, 0.25) is 0 Å². The number of likely N-dealkylation sites (tertiary alicyclic amines) is 1. The van der Waals surface area contributed by atoms with Gasteiger partial charge in [0.25, 0.3) is 0 Å². The maximum atomic E-state index is 12.0. The molecule has 1 aromatic heterocycles. The molecule has 1 N–H and O–H groups in total. The molecule has 122 valence electrons. The van der Waals surface area contributed by atoms with Gasteiger partial charge in [-0.15, -0.1) is 0 Å². The van der Waals surface area contributed by atoms with Crippen LogP contribution in [0.4, 0.5) is 4.79 Å². The van der Waals surface area contributed by atoms with E-state index in [2.05, 4.69) is 17.3 Å². The number of aryl methyl sites for hydroxylation is 1. The minimum atomic E-state index is -0.417. The first-order chi connectivity index (χ1) is 10.3. The van der Waals surface area contributed by atoms with E-state index in [4.69, 9.17) is 4.74 Å². The van der Waals surface area contributed by atoms with E-state index >= 15 is 0 Å². The molecular formula is C16H26N4O2. The number of ether oxygens (including phenoxy) is 1. The molecule has 3 rings (SSSR count). The van der Waals surface area contributed by atoms with Crippen molar-refractivity contribution in [3.63, 3.8) is 0 Å². The van der Waals surface area contributed by atoms with Gasteiger partial charge in [-0.3, -0.25) is 4.68 Å². The molecule has 1 aliphatic carbocycles. The van der Waals surface area contributed by atoms with Crippen LogP contribution in [0.3, 0.4) is 0 Å². The van der Waals surface area contributed by atoms with Crippen molar-refractivity contribution in [2.45, 2.75) is 45.9 Å². The van der Waals surface area contributed by atoms with E-state index in [1.54, 1.807) is 0 Å². The Morgan fingerprint density at radius 3 is 2.55 bits per heavy atom. The SMILES string of the molecule is Cc1c(CNC2C3CN(C(=O)OC(C)(C)C)CC32)cnn1C. The topological polar surface area (TPSA) is 59.4 Å². The predicted molar refractivity (Wildman–Crippen MR) is 83.4 cm³/mol. The minimum Gasteiger partial charge on any atom is -0.444 e. The van der Waals surface area contributed by atoms with E-state index in [1.807, 2.05) is 43.6 Å². The molecule has 0 radical (unpaired) electrons. The van der Waals surface area contributed by atoms with Crippen molar-refractivity contribution in [2.75, 3.05) is 13.1 Å². The molecule has 0 bridgehead atoms. The highest BCUT2D eigenvalue weighted by molar-refractivity contribution is 5.69. The highest BCUT2D eigenvalue weighted by Gasteiger charge is 2.56. The molecule has 2 aliphatic rings. The quantitative estimate of drug-likeness (QED) is 0.923. The Morgan fingerprint density at radius 1 is 1.41 bits per heavy atom. The predicted octanol–water partition coefficient (Wildman–Crippen LogP) is 1.68. The van der Waals surface area contributed by atoms with Gasteiger partial charge in [0, 0.05) is 44.0 Å². The van der Waals surface area contributed by atoms with Gasteiger partial charge >= 0.3 is 6.09 Å². The van der Waals surface area contributed by atoms with Gasteiger partial charge in [-0.2, -0.15) is 5.10 Å². The second-order valence-corrected chi connectivity index (χ2v) is 7.50. The Hall–Kier alpha value is -1.56. The summed E-state index contributed by atoms with van der Waals surface area (Å²) in [5.41, 5.74) is 2.03. The van der Waals surface area contributed by atoms with E-state index < -0.39 is 5.60 Å². The summed E-state index contributed by atoms with van der Waals surface area (Å²) in [6, 6.07) is 0.526. The van der Waals surface area contributed by atoms with Crippen molar-refractivity contribution in [2.24, 2.45) is 18.9 Å². The zero-order valence-corrected chi connectivity index (χ0v) is 14.1. The van der Waals surface area contributed by atoms with Crippen LogP contribution in [0.1, 0.15) is 32.0 Å². The molecule has 2 atom stereocenters. The third-order valence-corrected chi connectivity index (χ3v) is 4.71. The van der Waals surface area contributed by atoms with Crippen LogP contribution >= 0.6 is 0 Å². The first kappa shape index (κ1) is 15.3. The molecule has 0 aromatic carbocycles. The summed E-state index contributed by atoms with van der Waals surface area (Å²) in [6.07, 6.45) is 1.74. The molecule has 1 amide bonds. The van der Waals surface area contributed by atoms with E-state index in [1.165, 1.54) is 11.3 Å². The number of carbonyl (C=O) groups is 1. The molecule has 22 heavy (non-hydrogen) atoms. The van der Waals surface area contributed by atoms with Gasteiger partial charge in [-0.25, -0.2) is 4.79 Å². The van der Waals surface area contributed by atoms with Crippen molar-refractivity contribution < 1.29 is 9.53 Å². The fourth-order valence-corrected chi connectivity index (χ4v) is 3.25. The second-order valence-electron chi connectivity index (χ2n) is 7.50. The highest BCUT2D eigenvalue weighted by atomic mass is 16.6. The van der Waals surface area contributed by atoms with Crippen LogP contribution in [0.15, 0.2) is 6.20 Å².